The van der Waals surface area contributed by atoms with Gasteiger partial charge in [0, 0.05) is 5.57 Å². The Balaban J connectivity index is 1.64. The summed E-state index contributed by atoms with van der Waals surface area (Å²) in [6.07, 6.45) is 1.68. The van der Waals surface area contributed by atoms with Gasteiger partial charge in [0.1, 0.15) is 11.5 Å². The fourth-order valence-electron chi connectivity index (χ4n) is 3.09. The van der Waals surface area contributed by atoms with Crippen LogP contribution in [0.1, 0.15) is 18.1 Å². The molecule has 154 valence electrons. The van der Waals surface area contributed by atoms with Gasteiger partial charge in [-0.05, 0) is 67.9 Å². The topological polar surface area (TPSA) is 30.8 Å². The van der Waals surface area contributed by atoms with Gasteiger partial charge in [0.25, 0.3) is 0 Å². The zero-order chi connectivity index (χ0) is 21.6. The van der Waals surface area contributed by atoms with Gasteiger partial charge < -0.3 is 9.47 Å². The summed E-state index contributed by atoms with van der Waals surface area (Å²) in [6, 6.07) is 30.2. The van der Waals surface area contributed by atoms with Crippen LogP contribution in [-0.2, 0) is 0 Å². The molecule has 4 aromatic carbocycles. The van der Waals surface area contributed by atoms with Crippen LogP contribution in [0.15, 0.2) is 108 Å². The molecule has 0 aliphatic heterocycles. The Hall–Kier alpha value is -3.85. The Morgan fingerprint density at radius 1 is 0.710 bits per heavy atom. The third-order valence-corrected chi connectivity index (χ3v) is 4.93. The predicted octanol–water partition coefficient (Wildman–Crippen LogP) is 7.55. The molecule has 4 rings (SSSR count). The second-order valence-electron chi connectivity index (χ2n) is 7.60. The normalized spacial score (nSPS) is 12.1. The first-order valence-electron chi connectivity index (χ1n) is 10.3. The van der Waals surface area contributed by atoms with Crippen molar-refractivity contribution in [2.45, 2.75) is 20.8 Å². The van der Waals surface area contributed by atoms with Crippen molar-refractivity contribution in [1.29, 1.82) is 0 Å². The Bertz CT molecular complexity index is 1240. The van der Waals surface area contributed by atoms with Crippen LogP contribution >= 0.6 is 0 Å². The Labute approximate surface area is 183 Å². The SMILES string of the molecule is CC(=COc1ccc(C)cc1)C(=Nc1ccc(C)cc1)Oc1ccc2ccccc2c1. The first-order valence-corrected chi connectivity index (χ1v) is 10.3. The quantitative estimate of drug-likeness (QED) is 0.194. The van der Waals surface area contributed by atoms with Gasteiger partial charge in [-0.3, -0.25) is 0 Å². The fraction of sp³-hybridized carbons (Fsp3) is 0.107. The second-order valence-corrected chi connectivity index (χ2v) is 7.60. The maximum atomic E-state index is 6.23. The minimum atomic E-state index is 0.492. The zero-order valence-electron chi connectivity index (χ0n) is 18.0. The summed E-state index contributed by atoms with van der Waals surface area (Å²) in [7, 11) is 0. The van der Waals surface area contributed by atoms with Crippen LogP contribution in [0.25, 0.3) is 10.8 Å². The molecule has 0 fully saturated rings. The highest BCUT2D eigenvalue weighted by molar-refractivity contribution is 5.96. The summed E-state index contributed by atoms with van der Waals surface area (Å²) in [4.78, 5) is 4.75. The lowest BCUT2D eigenvalue weighted by atomic mass is 10.1. The highest BCUT2D eigenvalue weighted by Crippen LogP contribution is 2.23. The zero-order valence-corrected chi connectivity index (χ0v) is 18.0. The van der Waals surface area contributed by atoms with E-state index >= 15 is 0 Å². The Morgan fingerprint density at radius 2 is 1.32 bits per heavy atom. The number of ether oxygens (including phenoxy) is 2. The molecule has 0 unspecified atom stereocenters. The lowest BCUT2D eigenvalue weighted by Crippen LogP contribution is -2.11. The van der Waals surface area contributed by atoms with Gasteiger partial charge in [0.05, 0.1) is 11.9 Å². The summed E-state index contributed by atoms with van der Waals surface area (Å²) < 4.78 is 12.1. The predicted molar refractivity (Wildman–Crippen MR) is 128 cm³/mol. The molecule has 3 nitrogen and oxygen atoms in total. The van der Waals surface area contributed by atoms with Gasteiger partial charge in [-0.15, -0.1) is 0 Å². The molecule has 0 aliphatic carbocycles. The van der Waals surface area contributed by atoms with Crippen LogP contribution in [0, 0.1) is 13.8 Å². The molecule has 3 heteroatoms. The molecular formula is C28H25NO2. The molecule has 0 amide bonds. The van der Waals surface area contributed by atoms with Crippen molar-refractivity contribution in [1.82, 2.24) is 0 Å². The summed E-state index contributed by atoms with van der Waals surface area (Å²) in [6.45, 7) is 6.04. The van der Waals surface area contributed by atoms with Crippen molar-refractivity contribution in [2.24, 2.45) is 4.99 Å². The maximum absolute atomic E-state index is 6.23. The Morgan fingerprint density at radius 3 is 2.03 bits per heavy atom. The van der Waals surface area contributed by atoms with E-state index in [4.69, 9.17) is 14.5 Å². The summed E-state index contributed by atoms with van der Waals surface area (Å²) >= 11 is 0. The minimum Gasteiger partial charge on any atom is -0.465 e. The van der Waals surface area contributed by atoms with Gasteiger partial charge in [-0.25, -0.2) is 4.99 Å². The first-order chi connectivity index (χ1) is 15.1. The summed E-state index contributed by atoms with van der Waals surface area (Å²) in [5, 5.41) is 2.29. The van der Waals surface area contributed by atoms with E-state index in [-0.39, 0.29) is 0 Å². The standard InChI is InChI=1S/C28H25NO2/c1-20-8-13-25(14-9-20)29-28(22(3)19-30-26-15-10-21(2)11-16-26)31-27-17-12-23-6-4-5-7-24(23)18-27/h4-19H,1-3H3. The number of hydrogen-bond donors (Lipinski definition) is 0. The summed E-state index contributed by atoms with van der Waals surface area (Å²) in [5.74, 6) is 1.99. The van der Waals surface area contributed by atoms with Crippen molar-refractivity contribution in [3.8, 4) is 11.5 Å². The first kappa shape index (κ1) is 20.4. The highest BCUT2D eigenvalue weighted by Gasteiger charge is 2.09. The largest absolute Gasteiger partial charge is 0.465 e. The van der Waals surface area contributed by atoms with E-state index in [1.807, 2.05) is 79.7 Å². The van der Waals surface area contributed by atoms with E-state index in [2.05, 4.69) is 32.0 Å². The second kappa shape index (κ2) is 9.31. The molecule has 0 aliphatic rings. The molecule has 31 heavy (non-hydrogen) atoms. The van der Waals surface area contributed by atoms with Crippen molar-refractivity contribution >= 4 is 22.4 Å². The molecule has 0 atom stereocenters. The minimum absolute atomic E-state index is 0.492. The van der Waals surface area contributed by atoms with Crippen molar-refractivity contribution < 1.29 is 9.47 Å². The van der Waals surface area contributed by atoms with Gasteiger partial charge in [0.2, 0.25) is 5.90 Å². The number of aryl methyl sites for hydroxylation is 2. The van der Waals surface area contributed by atoms with Gasteiger partial charge in [-0.1, -0.05) is 65.7 Å². The fourth-order valence-corrected chi connectivity index (χ4v) is 3.09. The number of benzene rings is 4. The third kappa shape index (κ3) is 5.40. The average Bonchev–Trinajstić information content (AvgIpc) is 2.79. The number of hydrogen-bond acceptors (Lipinski definition) is 3. The molecule has 0 N–H and O–H groups in total. The Kier molecular flexibility index (Phi) is 6.13. The molecule has 0 bridgehead atoms. The van der Waals surface area contributed by atoms with Crippen molar-refractivity contribution in [2.75, 3.05) is 0 Å². The third-order valence-electron chi connectivity index (χ3n) is 4.93. The van der Waals surface area contributed by atoms with E-state index < -0.39 is 0 Å². The van der Waals surface area contributed by atoms with E-state index in [0.29, 0.717) is 5.90 Å². The number of rotatable bonds is 5. The molecule has 0 heterocycles. The molecule has 4 aromatic rings. The van der Waals surface area contributed by atoms with Crippen LogP contribution in [0.2, 0.25) is 0 Å². The van der Waals surface area contributed by atoms with E-state index in [0.717, 1.165) is 28.1 Å². The van der Waals surface area contributed by atoms with Crippen LogP contribution in [0.4, 0.5) is 5.69 Å². The molecule has 0 aromatic heterocycles. The van der Waals surface area contributed by atoms with Crippen LogP contribution in [0.5, 0.6) is 11.5 Å². The smallest absolute Gasteiger partial charge is 0.225 e. The van der Waals surface area contributed by atoms with Crippen LogP contribution in [0.3, 0.4) is 0 Å². The van der Waals surface area contributed by atoms with E-state index in [1.165, 1.54) is 16.5 Å². The summed E-state index contributed by atoms with van der Waals surface area (Å²) in [5.41, 5.74) is 3.99. The number of fused-ring (bicyclic) bond motifs is 1. The van der Waals surface area contributed by atoms with Crippen LogP contribution in [-0.4, -0.2) is 5.90 Å². The number of aliphatic imine (C=N–C) groups is 1. The lowest BCUT2D eigenvalue weighted by Gasteiger charge is -2.11. The molecule has 0 saturated heterocycles. The van der Waals surface area contributed by atoms with Gasteiger partial charge in [0.15, 0.2) is 0 Å². The van der Waals surface area contributed by atoms with Crippen LogP contribution < -0.4 is 9.47 Å². The van der Waals surface area contributed by atoms with E-state index in [9.17, 15) is 0 Å². The average molecular weight is 408 g/mol. The lowest BCUT2D eigenvalue weighted by molar-refractivity contribution is 0.473. The molecule has 0 radical (unpaired) electrons. The molecule has 0 saturated carbocycles. The maximum Gasteiger partial charge on any atom is 0.225 e. The van der Waals surface area contributed by atoms with Gasteiger partial charge in [-0.2, -0.15) is 0 Å². The molecular weight excluding hydrogens is 382 g/mol. The van der Waals surface area contributed by atoms with Crippen molar-refractivity contribution in [3.05, 3.63) is 114 Å². The highest BCUT2D eigenvalue weighted by atomic mass is 16.5. The van der Waals surface area contributed by atoms with Crippen molar-refractivity contribution in [3.63, 3.8) is 0 Å². The van der Waals surface area contributed by atoms with E-state index in [1.54, 1.807) is 6.26 Å². The van der Waals surface area contributed by atoms with Gasteiger partial charge >= 0.3 is 0 Å². The molecule has 0 spiro atoms. The monoisotopic (exact) mass is 407 g/mol. The number of nitrogens with zero attached hydrogens (tertiary/aromatic N) is 1.